The molecule has 2 aromatic heterocycles. The second kappa shape index (κ2) is 11.8. The fourth-order valence-corrected chi connectivity index (χ4v) is 5.29. The number of hydrogen-bond acceptors (Lipinski definition) is 7. The van der Waals surface area contributed by atoms with Crippen LogP contribution in [0.25, 0.3) is 11.1 Å². The molecule has 4 heterocycles. The average molecular weight is 567 g/mol. The maximum absolute atomic E-state index is 15.4. The van der Waals surface area contributed by atoms with Crippen molar-refractivity contribution < 1.29 is 18.4 Å². The summed E-state index contributed by atoms with van der Waals surface area (Å²) in [6.07, 6.45) is 9.21. The van der Waals surface area contributed by atoms with Crippen LogP contribution in [0.2, 0.25) is 18.1 Å². The van der Waals surface area contributed by atoms with E-state index >= 15 is 4.39 Å². The van der Waals surface area contributed by atoms with Crippen molar-refractivity contribution in [1.82, 2.24) is 19.7 Å². The topological polar surface area (TPSA) is 86.9 Å². The van der Waals surface area contributed by atoms with Crippen LogP contribution in [0.5, 0.6) is 0 Å². The van der Waals surface area contributed by atoms with Gasteiger partial charge in [0.1, 0.15) is 17.7 Å². The smallest absolute Gasteiger partial charge is 0.230 e. The van der Waals surface area contributed by atoms with Gasteiger partial charge in [-0.2, -0.15) is 5.10 Å². The molecule has 3 aromatic rings. The third-order valence-corrected chi connectivity index (χ3v) is 12.5. The highest BCUT2D eigenvalue weighted by Crippen LogP contribution is 2.37. The molecule has 5 rings (SSSR count). The van der Waals surface area contributed by atoms with Gasteiger partial charge in [-0.3, -0.25) is 4.90 Å². The molecule has 2 fully saturated rings. The number of ether oxygens (including phenoxy) is 1. The van der Waals surface area contributed by atoms with Gasteiger partial charge in [0.2, 0.25) is 5.95 Å². The van der Waals surface area contributed by atoms with E-state index < -0.39 is 8.32 Å². The zero-order valence-corrected chi connectivity index (χ0v) is 25.1. The maximum atomic E-state index is 15.4. The number of nitrogens with zero attached hydrogens (tertiary/aromatic N) is 6. The van der Waals surface area contributed by atoms with Gasteiger partial charge < -0.3 is 14.0 Å². The van der Waals surface area contributed by atoms with Crippen molar-refractivity contribution in [2.24, 2.45) is 5.16 Å². The van der Waals surface area contributed by atoms with Gasteiger partial charge in [0.15, 0.2) is 20.8 Å². The fourth-order valence-electron chi connectivity index (χ4n) is 4.34. The molecule has 2 saturated heterocycles. The van der Waals surface area contributed by atoms with Crippen molar-refractivity contribution in [3.05, 3.63) is 59.9 Å². The number of benzene rings is 1. The van der Waals surface area contributed by atoms with Crippen molar-refractivity contribution in [1.29, 1.82) is 0 Å². The van der Waals surface area contributed by atoms with Crippen molar-refractivity contribution in [3.8, 4) is 11.1 Å². The van der Waals surface area contributed by atoms with Crippen LogP contribution in [0.4, 0.5) is 10.3 Å². The first-order valence-electron chi connectivity index (χ1n) is 14.0. The minimum atomic E-state index is -2.00. The minimum Gasteiger partial charge on any atom is -0.412 e. The van der Waals surface area contributed by atoms with E-state index in [-0.39, 0.29) is 30.3 Å². The number of rotatable bonds is 9. The average Bonchev–Trinajstić information content (AvgIpc) is 3.39. The summed E-state index contributed by atoms with van der Waals surface area (Å²) in [5, 5.41) is 8.90. The van der Waals surface area contributed by atoms with Crippen LogP contribution in [-0.2, 0) is 27.2 Å². The van der Waals surface area contributed by atoms with E-state index in [2.05, 4.69) is 54.1 Å². The summed E-state index contributed by atoms with van der Waals surface area (Å²) in [6, 6.07) is 7.29. The third kappa shape index (κ3) is 6.26. The van der Waals surface area contributed by atoms with E-state index in [1.165, 1.54) is 0 Å². The highest BCUT2D eigenvalue weighted by atomic mass is 28.4. The predicted molar refractivity (Wildman–Crippen MR) is 155 cm³/mol. The Balaban J connectivity index is 1.19. The second-order valence-electron chi connectivity index (χ2n) is 11.9. The van der Waals surface area contributed by atoms with Crippen molar-refractivity contribution >= 4 is 20.1 Å². The highest BCUT2D eigenvalue weighted by molar-refractivity contribution is 6.74. The molecule has 2 aliphatic heterocycles. The molecule has 1 unspecified atom stereocenters. The Bertz CT molecular complexity index is 1330. The Hall–Kier alpha value is -3.15. The summed E-state index contributed by atoms with van der Waals surface area (Å²) in [6.45, 7) is 12.9. The maximum Gasteiger partial charge on any atom is 0.230 e. The van der Waals surface area contributed by atoms with E-state index in [0.717, 1.165) is 50.4 Å². The zero-order chi connectivity index (χ0) is 28.3. The van der Waals surface area contributed by atoms with Gasteiger partial charge in [-0.05, 0) is 43.5 Å². The number of amidine groups is 1. The molecule has 1 aromatic carbocycles. The quantitative estimate of drug-likeness (QED) is 0.218. The highest BCUT2D eigenvalue weighted by Gasteiger charge is 2.37. The van der Waals surface area contributed by atoms with E-state index in [1.807, 2.05) is 27.9 Å². The van der Waals surface area contributed by atoms with Crippen LogP contribution in [0, 0.1) is 5.82 Å². The third-order valence-electron chi connectivity index (χ3n) is 8.03. The molecule has 9 nitrogen and oxygen atoms in total. The van der Waals surface area contributed by atoms with Gasteiger partial charge >= 0.3 is 0 Å². The number of halogens is 1. The van der Waals surface area contributed by atoms with Crippen molar-refractivity contribution in [3.63, 3.8) is 0 Å². The monoisotopic (exact) mass is 566 g/mol. The molecular weight excluding hydrogens is 527 g/mol. The summed E-state index contributed by atoms with van der Waals surface area (Å²) < 4.78 is 29.3. The van der Waals surface area contributed by atoms with Crippen LogP contribution in [0.3, 0.4) is 0 Å². The van der Waals surface area contributed by atoms with Gasteiger partial charge in [-0.1, -0.05) is 44.1 Å². The van der Waals surface area contributed by atoms with Crippen LogP contribution >= 0.6 is 0 Å². The SMILES string of the molecule is CC(C)(C)[Si](C)(C)OCc1cccc(-c2cnc(N3CCC3=NOCc3ccn(C4CCCCO4)n3)nc2)c1F. The van der Waals surface area contributed by atoms with Gasteiger partial charge in [-0.15, -0.1) is 0 Å². The van der Waals surface area contributed by atoms with Gasteiger partial charge in [0.25, 0.3) is 0 Å². The van der Waals surface area contributed by atoms with Gasteiger partial charge in [-0.25, -0.2) is 19.0 Å². The van der Waals surface area contributed by atoms with E-state index in [1.54, 1.807) is 24.5 Å². The first-order valence-corrected chi connectivity index (χ1v) is 16.9. The summed E-state index contributed by atoms with van der Waals surface area (Å²) in [4.78, 5) is 16.5. The molecule has 0 radical (unpaired) electrons. The number of aromatic nitrogens is 4. The standard InChI is InChI=1S/C29H39FN6O3Si/c1-29(2,3)40(4,5)39-19-21-9-8-10-24(27(21)30)22-17-31-28(32-18-22)35-14-13-25(35)34-38-20-23-12-15-36(33-23)26-11-6-7-16-37-26/h8-10,12,15,17-18,26H,6-7,11,13-14,16,19-20H2,1-5H3. The van der Waals surface area contributed by atoms with Crippen molar-refractivity contribution in [2.45, 2.75) is 84.0 Å². The molecule has 214 valence electrons. The van der Waals surface area contributed by atoms with Crippen LogP contribution < -0.4 is 4.90 Å². The molecule has 40 heavy (non-hydrogen) atoms. The lowest BCUT2D eigenvalue weighted by Crippen LogP contribution is -2.44. The molecular formula is C29H39FN6O3Si. The van der Waals surface area contributed by atoms with E-state index in [9.17, 15) is 0 Å². The Kier molecular flexibility index (Phi) is 8.34. The van der Waals surface area contributed by atoms with Crippen LogP contribution in [0.1, 0.15) is 63.9 Å². The molecule has 0 spiro atoms. The Morgan fingerprint density at radius 2 is 1.93 bits per heavy atom. The molecule has 0 N–H and O–H groups in total. The van der Waals surface area contributed by atoms with Crippen LogP contribution in [0.15, 0.2) is 48.0 Å². The minimum absolute atomic E-state index is 0.00242. The Morgan fingerprint density at radius 3 is 2.60 bits per heavy atom. The van der Waals surface area contributed by atoms with Crippen molar-refractivity contribution in [2.75, 3.05) is 18.1 Å². The first kappa shape index (κ1) is 28.4. The second-order valence-corrected chi connectivity index (χ2v) is 16.7. The fraction of sp³-hybridized carbons (Fsp3) is 0.517. The molecule has 0 aliphatic carbocycles. The van der Waals surface area contributed by atoms with E-state index in [4.69, 9.17) is 14.0 Å². The normalized spacial score (nSPS) is 19.1. The molecule has 11 heteroatoms. The molecule has 0 saturated carbocycles. The van der Waals surface area contributed by atoms with Gasteiger partial charge in [0, 0.05) is 54.9 Å². The summed E-state index contributed by atoms with van der Waals surface area (Å²) in [5.74, 6) is 0.960. The molecule has 1 atom stereocenters. The van der Waals surface area contributed by atoms with Gasteiger partial charge in [0.05, 0.1) is 6.61 Å². The lowest BCUT2D eigenvalue weighted by atomic mass is 10.1. The zero-order valence-electron chi connectivity index (χ0n) is 24.1. The molecule has 0 amide bonds. The predicted octanol–water partition coefficient (Wildman–Crippen LogP) is 6.44. The van der Waals surface area contributed by atoms with E-state index in [0.29, 0.717) is 22.6 Å². The summed E-state index contributed by atoms with van der Waals surface area (Å²) in [7, 11) is -2.00. The first-order chi connectivity index (χ1) is 19.1. The van der Waals surface area contributed by atoms with Crippen LogP contribution in [-0.4, -0.2) is 47.1 Å². The number of hydrogen-bond donors (Lipinski definition) is 0. The molecule has 0 bridgehead atoms. The number of oxime groups is 1. The summed E-state index contributed by atoms with van der Waals surface area (Å²) >= 11 is 0. The number of anilines is 1. The Morgan fingerprint density at radius 1 is 1.12 bits per heavy atom. The lowest BCUT2D eigenvalue weighted by molar-refractivity contribution is -0.0400. The molecule has 2 aliphatic rings. The largest absolute Gasteiger partial charge is 0.412 e. The lowest BCUT2D eigenvalue weighted by Gasteiger charge is -2.36. The summed E-state index contributed by atoms with van der Waals surface area (Å²) in [5.41, 5.74) is 2.41. The Labute approximate surface area is 236 Å².